The van der Waals surface area contributed by atoms with Gasteiger partial charge < -0.3 is 16.6 Å². The Bertz CT molecular complexity index is 350. The van der Waals surface area contributed by atoms with E-state index >= 15 is 0 Å². The molecule has 0 aliphatic rings. The SMILES string of the molecule is CC[C@H](N)c1cc(N)cc(C(=O)O)c1. The van der Waals surface area contributed by atoms with Gasteiger partial charge >= 0.3 is 5.97 Å². The Morgan fingerprint density at radius 2 is 2.14 bits per heavy atom. The second kappa shape index (κ2) is 4.11. The van der Waals surface area contributed by atoms with Gasteiger partial charge in [-0.25, -0.2) is 4.79 Å². The van der Waals surface area contributed by atoms with Gasteiger partial charge in [0, 0.05) is 11.7 Å². The zero-order valence-electron chi connectivity index (χ0n) is 8.03. The van der Waals surface area contributed by atoms with Gasteiger partial charge in [-0.05, 0) is 30.2 Å². The van der Waals surface area contributed by atoms with Crippen molar-refractivity contribution in [2.75, 3.05) is 5.73 Å². The molecule has 0 aliphatic carbocycles. The molecule has 0 saturated heterocycles. The third-order valence-electron chi connectivity index (χ3n) is 2.09. The van der Waals surface area contributed by atoms with Crippen LogP contribution in [0.2, 0.25) is 0 Å². The topological polar surface area (TPSA) is 89.3 Å². The highest BCUT2D eigenvalue weighted by Gasteiger charge is 2.09. The molecule has 0 amide bonds. The lowest BCUT2D eigenvalue weighted by atomic mass is 10.0. The largest absolute Gasteiger partial charge is 0.478 e. The maximum atomic E-state index is 10.7. The molecule has 0 aromatic heterocycles. The summed E-state index contributed by atoms with van der Waals surface area (Å²) in [6.07, 6.45) is 0.752. The monoisotopic (exact) mass is 194 g/mol. The van der Waals surface area contributed by atoms with Crippen molar-refractivity contribution in [3.63, 3.8) is 0 Å². The molecule has 0 bridgehead atoms. The quantitative estimate of drug-likeness (QED) is 0.634. The summed E-state index contributed by atoms with van der Waals surface area (Å²) in [6.45, 7) is 1.94. The number of rotatable bonds is 3. The van der Waals surface area contributed by atoms with Crippen LogP contribution in [0, 0.1) is 0 Å². The van der Waals surface area contributed by atoms with Crippen LogP contribution in [0.25, 0.3) is 0 Å². The molecular formula is C10H14N2O2. The summed E-state index contributed by atoms with van der Waals surface area (Å²) in [4.78, 5) is 10.7. The zero-order chi connectivity index (χ0) is 10.7. The Kier molecular flexibility index (Phi) is 3.09. The molecule has 4 nitrogen and oxygen atoms in total. The zero-order valence-corrected chi connectivity index (χ0v) is 8.03. The van der Waals surface area contributed by atoms with Crippen LogP contribution in [0.3, 0.4) is 0 Å². The number of carbonyl (C=O) groups is 1. The molecule has 1 aromatic carbocycles. The highest BCUT2D eigenvalue weighted by molar-refractivity contribution is 5.89. The van der Waals surface area contributed by atoms with E-state index in [0.717, 1.165) is 12.0 Å². The van der Waals surface area contributed by atoms with Crippen LogP contribution in [0.1, 0.15) is 35.3 Å². The third-order valence-corrected chi connectivity index (χ3v) is 2.09. The van der Waals surface area contributed by atoms with Gasteiger partial charge in [0.25, 0.3) is 0 Å². The van der Waals surface area contributed by atoms with Crippen LogP contribution < -0.4 is 11.5 Å². The van der Waals surface area contributed by atoms with Gasteiger partial charge in [0.05, 0.1) is 5.56 Å². The van der Waals surface area contributed by atoms with E-state index in [2.05, 4.69) is 0 Å². The number of carboxylic acids is 1. The molecule has 1 atom stereocenters. The van der Waals surface area contributed by atoms with Crippen molar-refractivity contribution < 1.29 is 9.90 Å². The summed E-state index contributed by atoms with van der Waals surface area (Å²) in [5.74, 6) is -0.984. The third kappa shape index (κ3) is 2.23. The fraction of sp³-hybridized carbons (Fsp3) is 0.300. The minimum atomic E-state index is -0.984. The molecule has 5 N–H and O–H groups in total. The minimum absolute atomic E-state index is 0.156. The van der Waals surface area contributed by atoms with Crippen LogP contribution in [-0.2, 0) is 0 Å². The Morgan fingerprint density at radius 3 is 2.64 bits per heavy atom. The maximum Gasteiger partial charge on any atom is 0.335 e. The maximum absolute atomic E-state index is 10.7. The highest BCUT2D eigenvalue weighted by atomic mass is 16.4. The summed E-state index contributed by atoms with van der Waals surface area (Å²) in [5.41, 5.74) is 12.7. The van der Waals surface area contributed by atoms with Crippen LogP contribution in [0.4, 0.5) is 5.69 Å². The number of hydrogen-bond donors (Lipinski definition) is 3. The lowest BCUT2D eigenvalue weighted by Crippen LogP contribution is -2.10. The van der Waals surface area contributed by atoms with Gasteiger partial charge in [-0.15, -0.1) is 0 Å². The standard InChI is InChI=1S/C10H14N2O2/c1-2-9(12)6-3-7(10(13)14)5-8(11)4-6/h3-5,9H,2,11-12H2,1H3,(H,13,14)/t9-/m0/s1. The second-order valence-electron chi connectivity index (χ2n) is 3.21. The van der Waals surface area contributed by atoms with Crippen molar-refractivity contribution in [2.45, 2.75) is 19.4 Å². The fourth-order valence-electron chi connectivity index (χ4n) is 1.25. The molecule has 14 heavy (non-hydrogen) atoms. The Hall–Kier alpha value is -1.55. The van der Waals surface area contributed by atoms with Crippen molar-refractivity contribution in [3.8, 4) is 0 Å². The Balaban J connectivity index is 3.13. The van der Waals surface area contributed by atoms with Crippen LogP contribution in [-0.4, -0.2) is 11.1 Å². The molecule has 1 rings (SSSR count). The van der Waals surface area contributed by atoms with E-state index in [9.17, 15) is 4.79 Å². The number of anilines is 1. The van der Waals surface area contributed by atoms with E-state index < -0.39 is 5.97 Å². The van der Waals surface area contributed by atoms with Gasteiger partial charge in [-0.1, -0.05) is 6.92 Å². The van der Waals surface area contributed by atoms with Crippen molar-refractivity contribution in [1.29, 1.82) is 0 Å². The molecule has 4 heteroatoms. The average Bonchev–Trinajstić information content (AvgIpc) is 2.15. The molecule has 0 radical (unpaired) electrons. The van der Waals surface area contributed by atoms with Crippen molar-refractivity contribution >= 4 is 11.7 Å². The predicted molar refractivity (Wildman–Crippen MR) is 55.0 cm³/mol. The summed E-state index contributed by atoms with van der Waals surface area (Å²) in [5, 5.41) is 8.79. The smallest absolute Gasteiger partial charge is 0.335 e. The molecule has 0 fully saturated rings. The molecule has 76 valence electrons. The predicted octanol–water partition coefficient (Wildman–Crippen LogP) is 1.38. The molecule has 0 spiro atoms. The van der Waals surface area contributed by atoms with Gasteiger partial charge in [-0.3, -0.25) is 0 Å². The van der Waals surface area contributed by atoms with Crippen LogP contribution in [0.5, 0.6) is 0 Å². The Labute approximate surface area is 82.5 Å². The first-order chi connectivity index (χ1) is 6.54. The number of nitrogen functional groups attached to an aromatic ring is 1. The van der Waals surface area contributed by atoms with Gasteiger partial charge in [-0.2, -0.15) is 0 Å². The average molecular weight is 194 g/mol. The summed E-state index contributed by atoms with van der Waals surface area (Å²) < 4.78 is 0. The first-order valence-electron chi connectivity index (χ1n) is 4.44. The minimum Gasteiger partial charge on any atom is -0.478 e. The molecule has 0 unspecified atom stereocenters. The summed E-state index contributed by atoms with van der Waals surface area (Å²) >= 11 is 0. The fourth-order valence-corrected chi connectivity index (χ4v) is 1.25. The highest BCUT2D eigenvalue weighted by Crippen LogP contribution is 2.19. The number of aromatic carboxylic acids is 1. The second-order valence-corrected chi connectivity index (χ2v) is 3.21. The van der Waals surface area contributed by atoms with E-state index in [0.29, 0.717) is 5.69 Å². The first kappa shape index (κ1) is 10.5. The van der Waals surface area contributed by atoms with E-state index in [1.807, 2.05) is 6.92 Å². The molecule has 0 aliphatic heterocycles. The van der Waals surface area contributed by atoms with E-state index in [-0.39, 0.29) is 11.6 Å². The van der Waals surface area contributed by atoms with Crippen molar-refractivity contribution in [2.24, 2.45) is 5.73 Å². The number of benzene rings is 1. The van der Waals surface area contributed by atoms with Gasteiger partial charge in [0.1, 0.15) is 0 Å². The summed E-state index contributed by atoms with van der Waals surface area (Å²) in [6, 6.07) is 4.54. The number of nitrogens with two attached hydrogens (primary N) is 2. The first-order valence-corrected chi connectivity index (χ1v) is 4.44. The van der Waals surface area contributed by atoms with Gasteiger partial charge in [0.2, 0.25) is 0 Å². The molecule has 0 saturated carbocycles. The normalized spacial score (nSPS) is 12.4. The number of hydrogen-bond acceptors (Lipinski definition) is 3. The summed E-state index contributed by atoms with van der Waals surface area (Å²) in [7, 11) is 0. The lowest BCUT2D eigenvalue weighted by Gasteiger charge is -2.10. The van der Waals surface area contributed by atoms with Crippen LogP contribution in [0.15, 0.2) is 18.2 Å². The van der Waals surface area contributed by atoms with E-state index in [4.69, 9.17) is 16.6 Å². The van der Waals surface area contributed by atoms with E-state index in [1.54, 1.807) is 12.1 Å². The number of carboxylic acid groups (broad SMARTS) is 1. The van der Waals surface area contributed by atoms with Crippen LogP contribution >= 0.6 is 0 Å². The Morgan fingerprint density at radius 1 is 1.50 bits per heavy atom. The molecular weight excluding hydrogens is 180 g/mol. The van der Waals surface area contributed by atoms with Crippen molar-refractivity contribution in [3.05, 3.63) is 29.3 Å². The molecule has 0 heterocycles. The van der Waals surface area contributed by atoms with Gasteiger partial charge in [0.15, 0.2) is 0 Å². The van der Waals surface area contributed by atoms with E-state index in [1.165, 1.54) is 6.07 Å². The molecule has 1 aromatic rings. The van der Waals surface area contributed by atoms with Crippen molar-refractivity contribution in [1.82, 2.24) is 0 Å². The lowest BCUT2D eigenvalue weighted by molar-refractivity contribution is 0.0697.